The summed E-state index contributed by atoms with van der Waals surface area (Å²) >= 11 is 0. The number of rotatable bonds is 5. The topological polar surface area (TPSA) is 89.1 Å². The third-order valence-corrected chi connectivity index (χ3v) is 7.16. The Morgan fingerprint density at radius 3 is 2.71 bits per heavy atom. The lowest BCUT2D eigenvalue weighted by Gasteiger charge is -2.30. The number of fused-ring (bicyclic) bond motifs is 1. The van der Waals surface area contributed by atoms with Crippen LogP contribution in [0, 0.1) is 6.92 Å². The zero-order valence-electron chi connectivity index (χ0n) is 20.0. The Labute approximate surface area is 204 Å². The first-order chi connectivity index (χ1) is 17.1. The minimum Gasteiger partial charge on any atom is -0.444 e. The summed E-state index contributed by atoms with van der Waals surface area (Å²) in [4.78, 5) is 24.2. The number of benzene rings is 1. The van der Waals surface area contributed by atoms with Gasteiger partial charge in [0.15, 0.2) is 5.69 Å². The average Bonchev–Trinajstić information content (AvgIpc) is 3.64. The summed E-state index contributed by atoms with van der Waals surface area (Å²) in [6.45, 7) is 3.87. The van der Waals surface area contributed by atoms with Crippen LogP contribution in [-0.2, 0) is 0 Å². The number of aryl methyl sites for hydroxylation is 1. The van der Waals surface area contributed by atoms with Gasteiger partial charge in [0, 0.05) is 42.1 Å². The molecule has 0 bridgehead atoms. The van der Waals surface area contributed by atoms with Crippen molar-refractivity contribution in [1.29, 1.82) is 0 Å². The number of oxazole rings is 1. The third-order valence-electron chi connectivity index (χ3n) is 7.16. The molecule has 1 aromatic carbocycles. The van der Waals surface area contributed by atoms with Crippen molar-refractivity contribution >= 4 is 28.2 Å². The SMILES string of the molecule is Cc1cc(-c2nc(C(=O)Nc3cc4cn(C5CCCC5)nc4cc3N3CCCCC3)co2)ccn1. The Hall–Kier alpha value is -3.68. The number of hydrogen-bond donors (Lipinski definition) is 1. The molecule has 2 aliphatic rings. The second-order valence-electron chi connectivity index (χ2n) is 9.70. The number of nitrogens with zero attached hydrogens (tertiary/aromatic N) is 5. The number of anilines is 2. The second-order valence-corrected chi connectivity index (χ2v) is 9.70. The number of hydrogen-bond acceptors (Lipinski definition) is 6. The van der Waals surface area contributed by atoms with Crippen molar-refractivity contribution in [3.8, 4) is 11.5 Å². The predicted octanol–water partition coefficient (Wildman–Crippen LogP) is 5.75. The molecule has 180 valence electrons. The molecule has 1 aliphatic carbocycles. The van der Waals surface area contributed by atoms with Gasteiger partial charge in [-0.05, 0) is 63.3 Å². The molecular weight excluding hydrogens is 440 g/mol. The van der Waals surface area contributed by atoms with Crippen LogP contribution in [0.15, 0.2) is 47.3 Å². The minimum atomic E-state index is -0.286. The molecule has 6 rings (SSSR count). The number of nitrogens with one attached hydrogen (secondary N) is 1. The lowest BCUT2D eigenvalue weighted by Crippen LogP contribution is -2.30. The van der Waals surface area contributed by atoms with Crippen LogP contribution in [0.25, 0.3) is 22.4 Å². The molecule has 0 spiro atoms. The molecule has 1 saturated heterocycles. The fraction of sp³-hybridized carbons (Fsp3) is 0.407. The molecule has 8 nitrogen and oxygen atoms in total. The fourth-order valence-corrected chi connectivity index (χ4v) is 5.31. The normalized spacial score (nSPS) is 16.8. The van der Waals surface area contributed by atoms with Crippen LogP contribution in [0.1, 0.15) is 67.2 Å². The maximum atomic E-state index is 13.2. The zero-order valence-corrected chi connectivity index (χ0v) is 20.0. The third kappa shape index (κ3) is 4.40. The van der Waals surface area contributed by atoms with Crippen molar-refractivity contribution in [3.63, 3.8) is 0 Å². The summed E-state index contributed by atoms with van der Waals surface area (Å²) < 4.78 is 7.75. The summed E-state index contributed by atoms with van der Waals surface area (Å²) in [6, 6.07) is 8.38. The average molecular weight is 471 g/mol. The van der Waals surface area contributed by atoms with Gasteiger partial charge in [0.05, 0.1) is 22.9 Å². The van der Waals surface area contributed by atoms with Crippen molar-refractivity contribution in [2.45, 2.75) is 57.9 Å². The van der Waals surface area contributed by atoms with Crippen molar-refractivity contribution in [3.05, 3.63) is 54.3 Å². The summed E-state index contributed by atoms with van der Waals surface area (Å²) in [5, 5.41) is 9.08. The standard InChI is InChI=1S/C27H30N6O2/c1-18-13-19(9-10-28-18)27-30-24(17-35-27)26(34)29-23-14-20-16-33(21-7-3-4-8-21)31-22(20)15-25(23)32-11-5-2-6-12-32/h9-10,13-17,21H,2-8,11-12H2,1H3,(H,29,34). The number of pyridine rings is 1. The van der Waals surface area contributed by atoms with Gasteiger partial charge in [-0.2, -0.15) is 5.10 Å². The Kier molecular flexibility index (Phi) is 5.72. The molecule has 1 amide bonds. The fourth-order valence-electron chi connectivity index (χ4n) is 5.31. The van der Waals surface area contributed by atoms with E-state index in [1.54, 1.807) is 6.20 Å². The molecule has 8 heteroatoms. The quantitative estimate of drug-likeness (QED) is 0.399. The van der Waals surface area contributed by atoms with Crippen molar-refractivity contribution < 1.29 is 9.21 Å². The first-order valence-corrected chi connectivity index (χ1v) is 12.6. The van der Waals surface area contributed by atoms with Crippen LogP contribution in [0.5, 0.6) is 0 Å². The lowest BCUT2D eigenvalue weighted by atomic mass is 10.1. The maximum absolute atomic E-state index is 13.2. The highest BCUT2D eigenvalue weighted by atomic mass is 16.3. The Bertz CT molecular complexity index is 1360. The smallest absolute Gasteiger partial charge is 0.277 e. The van der Waals surface area contributed by atoms with Crippen LogP contribution >= 0.6 is 0 Å². The van der Waals surface area contributed by atoms with E-state index in [1.165, 1.54) is 38.4 Å². The van der Waals surface area contributed by atoms with E-state index < -0.39 is 0 Å². The largest absolute Gasteiger partial charge is 0.444 e. The molecule has 35 heavy (non-hydrogen) atoms. The number of aromatic nitrogens is 4. The first kappa shape index (κ1) is 21.8. The van der Waals surface area contributed by atoms with Gasteiger partial charge in [-0.3, -0.25) is 14.5 Å². The van der Waals surface area contributed by atoms with Gasteiger partial charge in [0.25, 0.3) is 5.91 Å². The number of amides is 1. The van der Waals surface area contributed by atoms with E-state index in [9.17, 15) is 4.79 Å². The molecular formula is C27H30N6O2. The van der Waals surface area contributed by atoms with Crippen molar-refractivity contribution in [1.82, 2.24) is 19.7 Å². The van der Waals surface area contributed by atoms with E-state index in [2.05, 4.69) is 43.2 Å². The Morgan fingerprint density at radius 1 is 1.09 bits per heavy atom. The Morgan fingerprint density at radius 2 is 1.91 bits per heavy atom. The summed E-state index contributed by atoms with van der Waals surface area (Å²) in [6.07, 6.45) is 13.7. The van der Waals surface area contributed by atoms with Gasteiger partial charge in [0.2, 0.25) is 5.89 Å². The number of carbonyl (C=O) groups is 1. The second kappa shape index (κ2) is 9.17. The summed E-state index contributed by atoms with van der Waals surface area (Å²) in [7, 11) is 0. The van der Waals surface area contributed by atoms with Gasteiger partial charge in [-0.1, -0.05) is 12.8 Å². The van der Waals surface area contributed by atoms with E-state index in [0.717, 1.165) is 59.5 Å². The van der Waals surface area contributed by atoms with E-state index in [0.29, 0.717) is 11.9 Å². The van der Waals surface area contributed by atoms with Crippen LogP contribution in [0.4, 0.5) is 11.4 Å². The molecule has 4 heterocycles. The summed E-state index contributed by atoms with van der Waals surface area (Å²) in [5.41, 5.74) is 4.71. The molecule has 0 radical (unpaired) electrons. The van der Waals surface area contributed by atoms with Crippen LogP contribution in [-0.4, -0.2) is 38.7 Å². The minimum absolute atomic E-state index is 0.251. The molecule has 3 aromatic heterocycles. The highest BCUT2D eigenvalue weighted by Crippen LogP contribution is 2.35. The van der Waals surface area contributed by atoms with E-state index >= 15 is 0 Å². The molecule has 1 N–H and O–H groups in total. The Balaban J connectivity index is 1.32. The van der Waals surface area contributed by atoms with Crippen molar-refractivity contribution in [2.24, 2.45) is 0 Å². The molecule has 0 atom stereocenters. The highest BCUT2D eigenvalue weighted by molar-refractivity contribution is 6.06. The molecule has 0 unspecified atom stereocenters. The van der Waals surface area contributed by atoms with E-state index in [-0.39, 0.29) is 11.6 Å². The zero-order chi connectivity index (χ0) is 23.8. The molecule has 1 saturated carbocycles. The van der Waals surface area contributed by atoms with Gasteiger partial charge in [0.1, 0.15) is 6.26 Å². The predicted molar refractivity (Wildman–Crippen MR) is 136 cm³/mol. The van der Waals surface area contributed by atoms with Gasteiger partial charge in [-0.15, -0.1) is 0 Å². The number of piperidine rings is 1. The molecule has 4 aromatic rings. The van der Waals surface area contributed by atoms with Crippen molar-refractivity contribution in [2.75, 3.05) is 23.3 Å². The van der Waals surface area contributed by atoms with Gasteiger partial charge >= 0.3 is 0 Å². The van der Waals surface area contributed by atoms with Crippen LogP contribution in [0.3, 0.4) is 0 Å². The van der Waals surface area contributed by atoms with Gasteiger partial charge in [-0.25, -0.2) is 4.98 Å². The molecule has 2 fully saturated rings. The maximum Gasteiger partial charge on any atom is 0.277 e. The molecule has 1 aliphatic heterocycles. The highest BCUT2D eigenvalue weighted by Gasteiger charge is 2.22. The lowest BCUT2D eigenvalue weighted by molar-refractivity contribution is 0.102. The van der Waals surface area contributed by atoms with Crippen LogP contribution < -0.4 is 10.2 Å². The van der Waals surface area contributed by atoms with E-state index in [1.807, 2.05) is 19.1 Å². The number of carbonyl (C=O) groups excluding carboxylic acids is 1. The van der Waals surface area contributed by atoms with Crippen LogP contribution in [0.2, 0.25) is 0 Å². The monoisotopic (exact) mass is 470 g/mol. The summed E-state index contributed by atoms with van der Waals surface area (Å²) in [5.74, 6) is 0.122. The van der Waals surface area contributed by atoms with E-state index in [4.69, 9.17) is 9.52 Å². The first-order valence-electron chi connectivity index (χ1n) is 12.6. The van der Waals surface area contributed by atoms with Gasteiger partial charge < -0.3 is 14.6 Å².